The summed E-state index contributed by atoms with van der Waals surface area (Å²) in [5.74, 6) is 0.566. The molecule has 0 aliphatic heterocycles. The van der Waals surface area contributed by atoms with Crippen LogP contribution in [0.1, 0.15) is 18.1 Å². The summed E-state index contributed by atoms with van der Waals surface area (Å²) in [7, 11) is 0. The van der Waals surface area contributed by atoms with Gasteiger partial charge in [-0.1, -0.05) is 72.3 Å². The molecule has 0 fully saturated rings. The Morgan fingerprint density at radius 1 is 0.971 bits per heavy atom. The number of rotatable bonds is 8. The molecular weight excluding hydrogens is 460 g/mol. The fourth-order valence-electron chi connectivity index (χ4n) is 3.64. The summed E-state index contributed by atoms with van der Waals surface area (Å²) in [5, 5.41) is 14.9. The Kier molecular flexibility index (Phi) is 7.67. The number of carbonyl (C=O) groups is 1. The number of nitriles is 1. The SMILES string of the molecule is CCOc1cc(/C=C(\C#N)C(=O)Nc2ccccc2Cl)ccc1OCc1cccc2ccccc12. The Bertz CT molecular complexity index is 1430. The highest BCUT2D eigenvalue weighted by Gasteiger charge is 2.13. The first kappa shape index (κ1) is 23.9. The number of nitrogens with one attached hydrogen (secondary N) is 1. The molecule has 0 unspecified atom stereocenters. The molecule has 1 amide bonds. The van der Waals surface area contributed by atoms with Crippen molar-refractivity contribution in [3.8, 4) is 17.6 Å². The number of amides is 1. The molecule has 0 heterocycles. The maximum absolute atomic E-state index is 12.6. The molecule has 0 bridgehead atoms. The maximum Gasteiger partial charge on any atom is 0.266 e. The number of benzene rings is 4. The molecule has 4 aromatic carbocycles. The number of anilines is 1. The van der Waals surface area contributed by atoms with Gasteiger partial charge in [-0.3, -0.25) is 4.79 Å². The molecule has 0 saturated carbocycles. The van der Waals surface area contributed by atoms with Crippen molar-refractivity contribution in [3.63, 3.8) is 0 Å². The molecule has 4 aromatic rings. The lowest BCUT2D eigenvalue weighted by molar-refractivity contribution is -0.112. The second kappa shape index (κ2) is 11.2. The van der Waals surface area contributed by atoms with E-state index in [-0.39, 0.29) is 5.57 Å². The molecule has 35 heavy (non-hydrogen) atoms. The Morgan fingerprint density at radius 3 is 2.54 bits per heavy atom. The van der Waals surface area contributed by atoms with E-state index in [9.17, 15) is 10.1 Å². The summed E-state index contributed by atoms with van der Waals surface area (Å²) in [5.41, 5.74) is 2.08. The molecule has 0 saturated heterocycles. The minimum atomic E-state index is -0.546. The van der Waals surface area contributed by atoms with Gasteiger partial charge in [0.05, 0.1) is 17.3 Å². The molecule has 0 spiro atoms. The van der Waals surface area contributed by atoms with Crippen LogP contribution in [0.5, 0.6) is 11.5 Å². The van der Waals surface area contributed by atoms with Gasteiger partial charge in [0.15, 0.2) is 11.5 Å². The summed E-state index contributed by atoms with van der Waals surface area (Å²) >= 11 is 6.11. The van der Waals surface area contributed by atoms with Crippen LogP contribution < -0.4 is 14.8 Å². The van der Waals surface area contributed by atoms with E-state index in [1.807, 2.05) is 37.3 Å². The molecule has 0 atom stereocenters. The molecule has 0 radical (unpaired) electrons. The van der Waals surface area contributed by atoms with Gasteiger partial charge < -0.3 is 14.8 Å². The number of ether oxygens (including phenoxy) is 2. The standard InChI is InChI=1S/C29H23ClN2O3/c1-2-34-28-17-20(16-23(18-31)29(33)32-26-13-6-5-12-25(26)30)14-15-27(28)35-19-22-10-7-9-21-8-3-4-11-24(21)22/h3-17H,2,19H2,1H3,(H,32,33)/b23-16+. The van der Waals surface area contributed by atoms with Gasteiger partial charge in [-0.05, 0) is 59.2 Å². The summed E-state index contributed by atoms with van der Waals surface area (Å²) in [6.07, 6.45) is 1.50. The second-order valence-electron chi connectivity index (χ2n) is 7.67. The van der Waals surface area contributed by atoms with E-state index in [4.69, 9.17) is 21.1 Å². The number of carbonyl (C=O) groups excluding carboxylic acids is 1. The van der Waals surface area contributed by atoms with E-state index in [1.54, 1.807) is 42.5 Å². The second-order valence-corrected chi connectivity index (χ2v) is 8.08. The monoisotopic (exact) mass is 482 g/mol. The molecule has 6 heteroatoms. The number of nitrogens with zero attached hydrogens (tertiary/aromatic N) is 1. The van der Waals surface area contributed by atoms with Gasteiger partial charge in [0.2, 0.25) is 0 Å². The van der Waals surface area contributed by atoms with Crippen LogP contribution in [0.2, 0.25) is 5.02 Å². The molecule has 0 aliphatic rings. The zero-order valence-corrected chi connectivity index (χ0v) is 19.9. The van der Waals surface area contributed by atoms with Gasteiger partial charge in [-0.2, -0.15) is 5.26 Å². The van der Waals surface area contributed by atoms with Gasteiger partial charge in [0.25, 0.3) is 5.91 Å². The first-order valence-corrected chi connectivity index (χ1v) is 11.5. The minimum absolute atomic E-state index is 0.0585. The predicted octanol–water partition coefficient (Wildman–Crippen LogP) is 7.02. The van der Waals surface area contributed by atoms with Crippen LogP contribution in [-0.4, -0.2) is 12.5 Å². The van der Waals surface area contributed by atoms with Crippen LogP contribution in [0.25, 0.3) is 16.8 Å². The van der Waals surface area contributed by atoms with Gasteiger partial charge in [-0.25, -0.2) is 0 Å². The Balaban J connectivity index is 1.55. The number of halogens is 1. The number of para-hydroxylation sites is 1. The van der Waals surface area contributed by atoms with Crippen LogP contribution in [0.15, 0.2) is 90.5 Å². The van der Waals surface area contributed by atoms with Gasteiger partial charge in [0.1, 0.15) is 18.2 Å². The lowest BCUT2D eigenvalue weighted by atomic mass is 10.1. The van der Waals surface area contributed by atoms with Crippen LogP contribution in [0.4, 0.5) is 5.69 Å². The highest BCUT2D eigenvalue weighted by atomic mass is 35.5. The molecule has 1 N–H and O–H groups in total. The summed E-state index contributed by atoms with van der Waals surface area (Å²) < 4.78 is 11.9. The topological polar surface area (TPSA) is 71.3 Å². The van der Waals surface area contributed by atoms with Crippen molar-refractivity contribution in [2.75, 3.05) is 11.9 Å². The van der Waals surface area contributed by atoms with Gasteiger partial charge >= 0.3 is 0 Å². The lowest BCUT2D eigenvalue weighted by Crippen LogP contribution is -2.13. The average Bonchev–Trinajstić information content (AvgIpc) is 2.88. The predicted molar refractivity (Wildman–Crippen MR) is 140 cm³/mol. The number of hydrogen-bond donors (Lipinski definition) is 1. The van der Waals surface area contributed by atoms with Gasteiger partial charge in [0, 0.05) is 0 Å². The minimum Gasteiger partial charge on any atom is -0.490 e. The van der Waals surface area contributed by atoms with Crippen LogP contribution in [0.3, 0.4) is 0 Å². The highest BCUT2D eigenvalue weighted by Crippen LogP contribution is 2.31. The lowest BCUT2D eigenvalue weighted by Gasteiger charge is -2.14. The van der Waals surface area contributed by atoms with E-state index >= 15 is 0 Å². The Hall–Kier alpha value is -4.27. The molecule has 4 rings (SSSR count). The summed E-state index contributed by atoms with van der Waals surface area (Å²) in [4.78, 5) is 12.6. The maximum atomic E-state index is 12.6. The summed E-state index contributed by atoms with van der Waals surface area (Å²) in [6, 6.07) is 28.4. The molecule has 174 valence electrons. The average molecular weight is 483 g/mol. The zero-order valence-electron chi connectivity index (χ0n) is 19.1. The van der Waals surface area contributed by atoms with E-state index in [0.29, 0.717) is 41.0 Å². The molecule has 0 aromatic heterocycles. The Morgan fingerprint density at radius 2 is 1.74 bits per heavy atom. The quantitative estimate of drug-likeness (QED) is 0.216. The molecule has 0 aliphatic carbocycles. The van der Waals surface area contributed by atoms with Crippen molar-refractivity contribution >= 4 is 40.0 Å². The largest absolute Gasteiger partial charge is 0.490 e. The van der Waals surface area contributed by atoms with Crippen LogP contribution in [-0.2, 0) is 11.4 Å². The summed E-state index contributed by atoms with van der Waals surface area (Å²) in [6.45, 7) is 2.70. The molecular formula is C29H23ClN2O3. The van der Waals surface area contributed by atoms with Crippen molar-refractivity contribution in [2.24, 2.45) is 0 Å². The first-order chi connectivity index (χ1) is 17.1. The number of fused-ring (bicyclic) bond motifs is 1. The van der Waals surface area contributed by atoms with E-state index in [0.717, 1.165) is 16.3 Å². The zero-order chi connectivity index (χ0) is 24.6. The van der Waals surface area contributed by atoms with E-state index in [1.165, 1.54) is 6.08 Å². The van der Waals surface area contributed by atoms with Crippen LogP contribution in [0, 0.1) is 11.3 Å². The smallest absolute Gasteiger partial charge is 0.266 e. The fourth-order valence-corrected chi connectivity index (χ4v) is 3.83. The van der Waals surface area contributed by atoms with E-state index in [2.05, 4.69) is 23.5 Å². The fraction of sp³-hybridized carbons (Fsp3) is 0.103. The van der Waals surface area contributed by atoms with Crippen molar-refractivity contribution in [1.29, 1.82) is 5.26 Å². The van der Waals surface area contributed by atoms with Crippen molar-refractivity contribution in [1.82, 2.24) is 0 Å². The third-order valence-corrected chi connectivity index (χ3v) is 5.66. The van der Waals surface area contributed by atoms with Gasteiger partial charge in [-0.15, -0.1) is 0 Å². The third kappa shape index (κ3) is 5.81. The number of hydrogen-bond acceptors (Lipinski definition) is 4. The van der Waals surface area contributed by atoms with Crippen molar-refractivity contribution in [3.05, 3.63) is 107 Å². The van der Waals surface area contributed by atoms with E-state index < -0.39 is 5.91 Å². The Labute approximate surface area is 209 Å². The highest BCUT2D eigenvalue weighted by molar-refractivity contribution is 6.34. The third-order valence-electron chi connectivity index (χ3n) is 5.33. The van der Waals surface area contributed by atoms with Crippen molar-refractivity contribution < 1.29 is 14.3 Å². The first-order valence-electron chi connectivity index (χ1n) is 11.1. The normalized spacial score (nSPS) is 11.1. The van der Waals surface area contributed by atoms with Crippen LogP contribution >= 0.6 is 11.6 Å². The molecule has 5 nitrogen and oxygen atoms in total. The van der Waals surface area contributed by atoms with Crippen molar-refractivity contribution in [2.45, 2.75) is 13.5 Å².